The number of rotatable bonds is 13. The molecular weight excluding hydrogens is 570 g/mol. The van der Waals surface area contributed by atoms with E-state index >= 15 is 0 Å². The molecule has 0 fully saturated rings. The number of hydrogen-bond donors (Lipinski definition) is 1. The van der Waals surface area contributed by atoms with Gasteiger partial charge in [-0.05, 0) is 81.3 Å². The Morgan fingerprint density at radius 3 is 1.91 bits per heavy atom. The zero-order valence-corrected chi connectivity index (χ0v) is 26.6. The molecule has 0 saturated carbocycles. The Bertz CT molecular complexity index is 1480. The van der Waals surface area contributed by atoms with Gasteiger partial charge in [-0.15, -0.1) is 0 Å². The van der Waals surface area contributed by atoms with Crippen molar-refractivity contribution in [3.63, 3.8) is 0 Å². The fourth-order valence-corrected chi connectivity index (χ4v) is 5.95. The van der Waals surface area contributed by atoms with Crippen molar-refractivity contribution in [2.75, 3.05) is 32.2 Å². The molecule has 0 aromatic heterocycles. The lowest BCUT2D eigenvalue weighted by Gasteiger charge is -2.35. The quantitative estimate of drug-likeness (QED) is 0.300. The maximum Gasteiger partial charge on any atom is 0.264 e. The van der Waals surface area contributed by atoms with Crippen LogP contribution in [-0.4, -0.2) is 64.6 Å². The van der Waals surface area contributed by atoms with Crippen molar-refractivity contribution < 1.29 is 32.2 Å². The molecular formula is C32H41N3O7S. The van der Waals surface area contributed by atoms with Gasteiger partial charge in [0.25, 0.3) is 10.0 Å². The molecule has 2 amide bonds. The third-order valence-corrected chi connectivity index (χ3v) is 8.45. The Balaban J connectivity index is 2.10. The number of hydrogen-bond acceptors (Lipinski definition) is 7. The van der Waals surface area contributed by atoms with E-state index in [4.69, 9.17) is 14.2 Å². The van der Waals surface area contributed by atoms with Gasteiger partial charge in [-0.2, -0.15) is 0 Å². The molecule has 232 valence electrons. The van der Waals surface area contributed by atoms with Crippen LogP contribution in [0, 0.1) is 0 Å². The highest BCUT2D eigenvalue weighted by molar-refractivity contribution is 7.92. The largest absolute Gasteiger partial charge is 0.497 e. The van der Waals surface area contributed by atoms with Crippen molar-refractivity contribution in [3.05, 3.63) is 78.4 Å². The Labute approximate surface area is 254 Å². The number of nitrogens with one attached hydrogen (secondary N) is 1. The number of nitrogens with zero attached hydrogens (tertiary/aromatic N) is 2. The summed E-state index contributed by atoms with van der Waals surface area (Å²) in [6.07, 6.45) is 0.309. The number of carbonyl (C=O) groups excluding carboxylic acids is 2. The lowest BCUT2D eigenvalue weighted by atomic mass is 10.1. The molecule has 0 spiro atoms. The maximum atomic E-state index is 14.3. The van der Waals surface area contributed by atoms with Crippen LogP contribution < -0.4 is 23.8 Å². The zero-order valence-electron chi connectivity index (χ0n) is 25.8. The SMILES string of the molecule is CC[C@@H](C(=O)NC(C)(C)C)N(Cc1ccc(OC)cc1)C(=O)CN(c1ccccc1OC)S(=O)(=O)c1ccc(OC)cc1. The van der Waals surface area contributed by atoms with Gasteiger partial charge in [-0.25, -0.2) is 8.42 Å². The molecule has 3 aromatic carbocycles. The van der Waals surface area contributed by atoms with Crippen LogP contribution >= 0.6 is 0 Å². The molecule has 1 N–H and O–H groups in total. The number of para-hydroxylation sites is 2. The van der Waals surface area contributed by atoms with E-state index in [9.17, 15) is 18.0 Å². The molecule has 0 saturated heterocycles. The standard InChI is InChI=1S/C32H41N3O7S/c1-8-27(31(37)33-32(2,3)4)34(21-23-13-15-24(40-5)16-14-23)30(36)22-35(28-11-9-10-12-29(28)42-7)43(38,39)26-19-17-25(41-6)18-20-26/h9-20,27H,8,21-22H2,1-7H3,(H,33,37)/t27-/m0/s1. The second kappa shape index (κ2) is 14.3. The first-order valence-corrected chi connectivity index (χ1v) is 15.3. The summed E-state index contributed by atoms with van der Waals surface area (Å²) < 4.78 is 45.2. The molecule has 3 aromatic rings. The van der Waals surface area contributed by atoms with Crippen molar-refractivity contribution in [3.8, 4) is 17.2 Å². The van der Waals surface area contributed by atoms with Gasteiger partial charge < -0.3 is 24.4 Å². The first-order chi connectivity index (χ1) is 20.3. The summed E-state index contributed by atoms with van der Waals surface area (Å²) in [5.74, 6) is 0.507. The van der Waals surface area contributed by atoms with Crippen molar-refractivity contribution in [2.24, 2.45) is 0 Å². The molecule has 0 heterocycles. The zero-order chi connectivity index (χ0) is 31.8. The Hall–Kier alpha value is -4.25. The van der Waals surface area contributed by atoms with E-state index < -0.39 is 34.1 Å². The highest BCUT2D eigenvalue weighted by Crippen LogP contribution is 2.33. The van der Waals surface area contributed by atoms with Gasteiger partial charge >= 0.3 is 0 Å². The number of sulfonamides is 1. The van der Waals surface area contributed by atoms with E-state index in [1.807, 2.05) is 27.7 Å². The van der Waals surface area contributed by atoms with E-state index in [-0.39, 0.29) is 28.8 Å². The van der Waals surface area contributed by atoms with Crippen LogP contribution in [0.2, 0.25) is 0 Å². The predicted molar refractivity (Wildman–Crippen MR) is 166 cm³/mol. The first-order valence-electron chi connectivity index (χ1n) is 13.9. The van der Waals surface area contributed by atoms with Crippen molar-refractivity contribution in [2.45, 2.75) is 57.1 Å². The lowest BCUT2D eigenvalue weighted by Crippen LogP contribution is -2.55. The molecule has 0 aliphatic rings. The van der Waals surface area contributed by atoms with E-state index in [1.165, 1.54) is 43.4 Å². The Morgan fingerprint density at radius 2 is 1.40 bits per heavy atom. The van der Waals surface area contributed by atoms with Crippen molar-refractivity contribution in [1.82, 2.24) is 10.2 Å². The number of methoxy groups -OCH3 is 3. The minimum absolute atomic E-state index is 0.0359. The highest BCUT2D eigenvalue weighted by atomic mass is 32.2. The number of anilines is 1. The summed E-state index contributed by atoms with van der Waals surface area (Å²) in [6, 6.07) is 18.8. The third-order valence-electron chi connectivity index (χ3n) is 6.68. The molecule has 0 aliphatic carbocycles. The van der Waals surface area contributed by atoms with Crippen molar-refractivity contribution >= 4 is 27.5 Å². The number of benzene rings is 3. The molecule has 0 bridgehead atoms. The van der Waals surface area contributed by atoms with Gasteiger partial charge in [0.1, 0.15) is 29.8 Å². The fourth-order valence-electron chi connectivity index (χ4n) is 4.52. The summed E-state index contributed by atoms with van der Waals surface area (Å²) in [7, 11) is 0.206. The summed E-state index contributed by atoms with van der Waals surface area (Å²) in [5, 5.41) is 2.96. The number of carbonyl (C=O) groups is 2. The molecule has 1 atom stereocenters. The van der Waals surface area contributed by atoms with E-state index in [2.05, 4.69) is 5.32 Å². The van der Waals surface area contributed by atoms with Crippen LogP contribution in [0.1, 0.15) is 39.7 Å². The summed E-state index contributed by atoms with van der Waals surface area (Å²) in [6.45, 7) is 6.88. The van der Waals surface area contributed by atoms with Crippen LogP contribution in [0.4, 0.5) is 5.69 Å². The molecule has 0 unspecified atom stereocenters. The fraction of sp³-hybridized carbons (Fsp3) is 0.375. The number of amides is 2. The maximum absolute atomic E-state index is 14.3. The van der Waals surface area contributed by atoms with Crippen LogP contribution in [0.5, 0.6) is 17.2 Å². The van der Waals surface area contributed by atoms with E-state index in [0.29, 0.717) is 17.9 Å². The van der Waals surface area contributed by atoms with Crippen LogP contribution in [0.3, 0.4) is 0 Å². The minimum Gasteiger partial charge on any atom is -0.497 e. The van der Waals surface area contributed by atoms with Gasteiger partial charge in [0.05, 0.1) is 31.9 Å². The number of ether oxygens (including phenoxy) is 3. The Kier molecular flexibility index (Phi) is 11.0. The molecule has 43 heavy (non-hydrogen) atoms. The topological polar surface area (TPSA) is 114 Å². The Morgan fingerprint density at radius 1 is 0.837 bits per heavy atom. The van der Waals surface area contributed by atoms with Crippen LogP contribution in [0.15, 0.2) is 77.7 Å². The lowest BCUT2D eigenvalue weighted by molar-refractivity contribution is -0.141. The highest BCUT2D eigenvalue weighted by Gasteiger charge is 2.35. The summed E-state index contributed by atoms with van der Waals surface area (Å²) in [4.78, 5) is 29.1. The van der Waals surface area contributed by atoms with Gasteiger partial charge in [-0.1, -0.05) is 31.2 Å². The average Bonchev–Trinajstić information content (AvgIpc) is 2.99. The van der Waals surface area contributed by atoms with E-state index in [1.54, 1.807) is 55.6 Å². The smallest absolute Gasteiger partial charge is 0.264 e. The normalized spacial score (nSPS) is 12.2. The van der Waals surface area contributed by atoms with Gasteiger partial charge in [0.15, 0.2) is 0 Å². The second-order valence-corrected chi connectivity index (χ2v) is 12.8. The van der Waals surface area contributed by atoms with Gasteiger partial charge in [0, 0.05) is 12.1 Å². The van der Waals surface area contributed by atoms with Gasteiger partial charge in [-0.3, -0.25) is 13.9 Å². The average molecular weight is 612 g/mol. The minimum atomic E-state index is -4.27. The summed E-state index contributed by atoms with van der Waals surface area (Å²) >= 11 is 0. The van der Waals surface area contributed by atoms with Crippen LogP contribution in [-0.2, 0) is 26.2 Å². The summed E-state index contributed by atoms with van der Waals surface area (Å²) in [5.41, 5.74) is 0.393. The van der Waals surface area contributed by atoms with Gasteiger partial charge in [0.2, 0.25) is 11.8 Å². The first kappa shape index (κ1) is 33.3. The predicted octanol–water partition coefficient (Wildman–Crippen LogP) is 4.63. The van der Waals surface area contributed by atoms with Crippen molar-refractivity contribution in [1.29, 1.82) is 0 Å². The molecule has 0 aliphatic heterocycles. The second-order valence-electron chi connectivity index (χ2n) is 10.9. The molecule has 0 radical (unpaired) electrons. The molecule has 10 nitrogen and oxygen atoms in total. The molecule has 11 heteroatoms. The monoisotopic (exact) mass is 611 g/mol. The molecule has 3 rings (SSSR count). The van der Waals surface area contributed by atoms with E-state index in [0.717, 1.165) is 9.87 Å². The third kappa shape index (κ3) is 8.41. The van der Waals surface area contributed by atoms with Crippen LogP contribution in [0.25, 0.3) is 0 Å².